The van der Waals surface area contributed by atoms with Gasteiger partial charge >= 0.3 is 0 Å². The first-order valence-electron chi connectivity index (χ1n) is 6.89. The zero-order valence-electron chi connectivity index (χ0n) is 11.6. The zero-order chi connectivity index (χ0) is 13.7. The van der Waals surface area contributed by atoms with Crippen LogP contribution in [0.2, 0.25) is 0 Å². The van der Waals surface area contributed by atoms with Crippen LogP contribution in [0.5, 0.6) is 0 Å². The van der Waals surface area contributed by atoms with Gasteiger partial charge in [-0.15, -0.1) is 6.58 Å². The Morgan fingerprint density at radius 3 is 3.16 bits per heavy atom. The third-order valence-electron chi connectivity index (χ3n) is 3.58. The lowest BCUT2D eigenvalue weighted by atomic mass is 10.0. The monoisotopic (exact) mass is 258 g/mol. The minimum absolute atomic E-state index is 0.0828. The van der Waals surface area contributed by atoms with Crippen LogP contribution in [-0.4, -0.2) is 30.4 Å². The minimum atomic E-state index is 0.0828. The van der Waals surface area contributed by atoms with Crippen LogP contribution in [0.3, 0.4) is 0 Å². The summed E-state index contributed by atoms with van der Waals surface area (Å²) in [5.74, 6) is 0.0828. The van der Waals surface area contributed by atoms with E-state index in [0.717, 1.165) is 19.4 Å². The van der Waals surface area contributed by atoms with Crippen molar-refractivity contribution < 1.29 is 4.79 Å². The molecule has 0 spiro atoms. The number of aryl methyl sites for hydroxylation is 1. The van der Waals surface area contributed by atoms with E-state index in [2.05, 4.69) is 48.0 Å². The van der Waals surface area contributed by atoms with Gasteiger partial charge in [-0.3, -0.25) is 9.69 Å². The minimum Gasteiger partial charge on any atom is -0.352 e. The maximum atomic E-state index is 11.8. The van der Waals surface area contributed by atoms with Crippen LogP contribution >= 0.6 is 0 Å². The fourth-order valence-corrected chi connectivity index (χ4v) is 2.70. The number of hydrogen-bond acceptors (Lipinski definition) is 2. The van der Waals surface area contributed by atoms with Crippen molar-refractivity contribution in [1.82, 2.24) is 10.2 Å². The predicted octanol–water partition coefficient (Wildman–Crippen LogP) is 2.43. The highest BCUT2D eigenvalue weighted by Crippen LogP contribution is 2.31. The first-order valence-corrected chi connectivity index (χ1v) is 6.89. The number of likely N-dealkylation sites (tertiary alicyclic amines) is 1. The molecule has 1 fully saturated rings. The molecule has 1 aliphatic heterocycles. The van der Waals surface area contributed by atoms with E-state index in [1.807, 2.05) is 0 Å². The number of benzene rings is 1. The van der Waals surface area contributed by atoms with Crippen LogP contribution < -0.4 is 5.32 Å². The fraction of sp³-hybridized carbons (Fsp3) is 0.438. The zero-order valence-corrected chi connectivity index (χ0v) is 11.6. The van der Waals surface area contributed by atoms with Gasteiger partial charge in [0.1, 0.15) is 0 Å². The predicted molar refractivity (Wildman–Crippen MR) is 77.9 cm³/mol. The van der Waals surface area contributed by atoms with Gasteiger partial charge < -0.3 is 5.32 Å². The number of hydrogen-bond donors (Lipinski definition) is 1. The molecule has 1 aromatic rings. The Balaban J connectivity index is 2.00. The van der Waals surface area contributed by atoms with E-state index < -0.39 is 0 Å². The Bertz CT molecular complexity index is 456. The van der Waals surface area contributed by atoms with Crippen molar-refractivity contribution >= 4 is 5.91 Å². The Labute approximate surface area is 115 Å². The molecule has 1 aliphatic rings. The maximum absolute atomic E-state index is 11.8. The van der Waals surface area contributed by atoms with E-state index in [-0.39, 0.29) is 5.91 Å². The molecule has 3 nitrogen and oxygen atoms in total. The lowest BCUT2D eigenvalue weighted by molar-refractivity contribution is -0.122. The molecule has 1 amide bonds. The highest BCUT2D eigenvalue weighted by molar-refractivity contribution is 5.78. The smallest absolute Gasteiger partial charge is 0.234 e. The second kappa shape index (κ2) is 6.53. The van der Waals surface area contributed by atoms with Crippen molar-refractivity contribution in [3.8, 4) is 0 Å². The summed E-state index contributed by atoms with van der Waals surface area (Å²) in [7, 11) is 0. The summed E-state index contributed by atoms with van der Waals surface area (Å²) in [4.78, 5) is 14.1. The van der Waals surface area contributed by atoms with Gasteiger partial charge in [-0.2, -0.15) is 0 Å². The quantitative estimate of drug-likeness (QED) is 0.823. The summed E-state index contributed by atoms with van der Waals surface area (Å²) in [6, 6.07) is 8.98. The standard InChI is InChI=1S/C16H22N2O/c1-3-9-17-16(19)12-18-10-5-8-15(18)14-7-4-6-13(2)11-14/h3-4,6-7,11,15H,1,5,8-10,12H2,2H3,(H,17,19). The molecular weight excluding hydrogens is 236 g/mol. The summed E-state index contributed by atoms with van der Waals surface area (Å²) < 4.78 is 0. The largest absolute Gasteiger partial charge is 0.352 e. The molecule has 1 aromatic carbocycles. The van der Waals surface area contributed by atoms with Crippen molar-refractivity contribution in [3.05, 3.63) is 48.0 Å². The number of rotatable bonds is 5. The van der Waals surface area contributed by atoms with E-state index in [9.17, 15) is 4.79 Å². The Hall–Kier alpha value is -1.61. The van der Waals surface area contributed by atoms with Gasteiger partial charge in [0.15, 0.2) is 0 Å². The van der Waals surface area contributed by atoms with Crippen molar-refractivity contribution in [1.29, 1.82) is 0 Å². The molecular formula is C16H22N2O. The lowest BCUT2D eigenvalue weighted by Crippen LogP contribution is -2.36. The van der Waals surface area contributed by atoms with E-state index in [0.29, 0.717) is 19.1 Å². The Kier molecular flexibility index (Phi) is 4.74. The van der Waals surface area contributed by atoms with E-state index in [1.54, 1.807) is 6.08 Å². The third-order valence-corrected chi connectivity index (χ3v) is 3.58. The second-order valence-electron chi connectivity index (χ2n) is 5.14. The molecule has 0 radical (unpaired) electrons. The molecule has 1 heterocycles. The molecule has 1 saturated heterocycles. The number of carbonyl (C=O) groups excluding carboxylic acids is 1. The first-order chi connectivity index (χ1) is 9.20. The van der Waals surface area contributed by atoms with Gasteiger partial charge in [-0.1, -0.05) is 35.9 Å². The molecule has 1 atom stereocenters. The highest BCUT2D eigenvalue weighted by atomic mass is 16.2. The van der Waals surface area contributed by atoms with Gasteiger partial charge in [-0.05, 0) is 31.9 Å². The van der Waals surface area contributed by atoms with E-state index in [4.69, 9.17) is 0 Å². The molecule has 0 saturated carbocycles. The summed E-state index contributed by atoms with van der Waals surface area (Å²) in [5, 5.41) is 2.84. The molecule has 2 rings (SSSR count). The van der Waals surface area contributed by atoms with Crippen molar-refractivity contribution in [2.45, 2.75) is 25.8 Å². The van der Waals surface area contributed by atoms with Crippen molar-refractivity contribution in [2.75, 3.05) is 19.6 Å². The average molecular weight is 258 g/mol. The normalized spacial score (nSPS) is 19.3. The van der Waals surface area contributed by atoms with Gasteiger partial charge in [0.05, 0.1) is 6.54 Å². The summed E-state index contributed by atoms with van der Waals surface area (Å²) in [6.45, 7) is 7.74. The van der Waals surface area contributed by atoms with E-state index in [1.165, 1.54) is 11.1 Å². The molecule has 1 N–H and O–H groups in total. The first kappa shape index (κ1) is 13.8. The lowest BCUT2D eigenvalue weighted by Gasteiger charge is -2.24. The number of nitrogens with one attached hydrogen (secondary N) is 1. The van der Waals surface area contributed by atoms with Crippen molar-refractivity contribution in [2.24, 2.45) is 0 Å². The highest BCUT2D eigenvalue weighted by Gasteiger charge is 2.27. The van der Waals surface area contributed by atoms with Crippen LogP contribution in [0, 0.1) is 6.92 Å². The van der Waals surface area contributed by atoms with Crippen LogP contribution in [-0.2, 0) is 4.79 Å². The van der Waals surface area contributed by atoms with Crippen molar-refractivity contribution in [3.63, 3.8) is 0 Å². The molecule has 102 valence electrons. The van der Waals surface area contributed by atoms with Gasteiger partial charge in [0.25, 0.3) is 0 Å². The maximum Gasteiger partial charge on any atom is 0.234 e. The average Bonchev–Trinajstić information content (AvgIpc) is 2.84. The van der Waals surface area contributed by atoms with Gasteiger partial charge in [-0.25, -0.2) is 0 Å². The summed E-state index contributed by atoms with van der Waals surface area (Å²) in [5.41, 5.74) is 2.61. The molecule has 1 unspecified atom stereocenters. The Morgan fingerprint density at radius 2 is 2.42 bits per heavy atom. The molecule has 3 heteroatoms. The summed E-state index contributed by atoms with van der Waals surface area (Å²) in [6.07, 6.45) is 4.01. The number of amides is 1. The van der Waals surface area contributed by atoms with Gasteiger partial charge in [0.2, 0.25) is 5.91 Å². The van der Waals surface area contributed by atoms with Gasteiger partial charge in [0, 0.05) is 12.6 Å². The SMILES string of the molecule is C=CCNC(=O)CN1CCCC1c1cccc(C)c1. The van der Waals surface area contributed by atoms with Crippen LogP contribution in [0.25, 0.3) is 0 Å². The molecule has 0 aliphatic carbocycles. The molecule has 0 bridgehead atoms. The topological polar surface area (TPSA) is 32.3 Å². The van der Waals surface area contributed by atoms with Crippen LogP contribution in [0.1, 0.15) is 30.0 Å². The third kappa shape index (κ3) is 3.67. The molecule has 19 heavy (non-hydrogen) atoms. The van der Waals surface area contributed by atoms with Crippen LogP contribution in [0.4, 0.5) is 0 Å². The number of nitrogens with zero attached hydrogens (tertiary/aromatic N) is 1. The summed E-state index contributed by atoms with van der Waals surface area (Å²) >= 11 is 0. The Morgan fingerprint density at radius 1 is 1.58 bits per heavy atom. The molecule has 0 aromatic heterocycles. The number of carbonyl (C=O) groups is 1. The van der Waals surface area contributed by atoms with E-state index >= 15 is 0 Å². The fourth-order valence-electron chi connectivity index (χ4n) is 2.70. The second-order valence-corrected chi connectivity index (χ2v) is 5.14. The van der Waals surface area contributed by atoms with Crippen LogP contribution in [0.15, 0.2) is 36.9 Å².